The highest BCUT2D eigenvalue weighted by Gasteiger charge is 2.29. The summed E-state index contributed by atoms with van der Waals surface area (Å²) < 4.78 is 5.09. The number of hydrogen-bond donors (Lipinski definition) is 0. The number of thioether (sulfide) groups is 1. The minimum Gasteiger partial charge on any atom is -0.452 e. The smallest absolute Gasteiger partial charge is 0.338 e. The Hall–Kier alpha value is -2.09. The molecule has 0 saturated carbocycles. The Balaban J connectivity index is 2.03. The number of likely N-dealkylation sites (tertiary alicyclic amines) is 1. The Labute approximate surface area is 150 Å². The second kappa shape index (κ2) is 8.33. The number of nitro benzene ring substituents is 1. The molecular weight excluding hydrogens is 344 g/mol. The lowest BCUT2D eigenvalue weighted by Gasteiger charge is -2.38. The number of ether oxygens (including phenoxy) is 1. The van der Waals surface area contributed by atoms with Gasteiger partial charge in [-0.25, -0.2) is 4.79 Å². The third-order valence-electron chi connectivity index (χ3n) is 4.42. The van der Waals surface area contributed by atoms with Crippen molar-refractivity contribution < 1.29 is 19.2 Å². The fourth-order valence-corrected chi connectivity index (χ4v) is 3.70. The zero-order valence-corrected chi connectivity index (χ0v) is 15.4. The molecule has 1 heterocycles. The van der Waals surface area contributed by atoms with Gasteiger partial charge in [0, 0.05) is 18.2 Å². The molecule has 1 fully saturated rings. The average molecular weight is 366 g/mol. The lowest BCUT2D eigenvalue weighted by molar-refractivity contribution is -0.387. The first-order valence-electron chi connectivity index (χ1n) is 8.15. The van der Waals surface area contributed by atoms with Gasteiger partial charge in [0.2, 0.25) is 0 Å². The van der Waals surface area contributed by atoms with Gasteiger partial charge >= 0.3 is 5.97 Å². The highest BCUT2D eigenvalue weighted by molar-refractivity contribution is 7.98. The summed E-state index contributed by atoms with van der Waals surface area (Å²) in [6.45, 7) is 3.62. The second-order valence-electron chi connectivity index (χ2n) is 6.15. The van der Waals surface area contributed by atoms with Gasteiger partial charge in [-0.1, -0.05) is 0 Å². The maximum atomic E-state index is 12.4. The van der Waals surface area contributed by atoms with E-state index in [2.05, 4.69) is 0 Å². The summed E-state index contributed by atoms with van der Waals surface area (Å²) in [7, 11) is 0. The largest absolute Gasteiger partial charge is 0.452 e. The van der Waals surface area contributed by atoms with Gasteiger partial charge in [0.25, 0.3) is 11.6 Å². The quantitative estimate of drug-likeness (QED) is 0.344. The number of benzene rings is 1. The number of nitro groups is 1. The number of hydrogen-bond acceptors (Lipinski definition) is 6. The topological polar surface area (TPSA) is 89.8 Å². The van der Waals surface area contributed by atoms with Crippen molar-refractivity contribution in [3.8, 4) is 0 Å². The Bertz CT molecular complexity index is 669. The van der Waals surface area contributed by atoms with E-state index in [0.29, 0.717) is 4.90 Å². The van der Waals surface area contributed by atoms with Crippen LogP contribution < -0.4 is 0 Å². The van der Waals surface area contributed by atoms with Gasteiger partial charge in [0.1, 0.15) is 0 Å². The first-order chi connectivity index (χ1) is 11.8. The van der Waals surface area contributed by atoms with Crippen LogP contribution in [0.4, 0.5) is 5.69 Å². The number of esters is 1. The van der Waals surface area contributed by atoms with Crippen molar-refractivity contribution in [2.24, 2.45) is 0 Å². The van der Waals surface area contributed by atoms with Crippen LogP contribution >= 0.6 is 11.8 Å². The lowest BCUT2D eigenvalue weighted by Crippen LogP contribution is -2.49. The van der Waals surface area contributed by atoms with Gasteiger partial charge in [-0.2, -0.15) is 0 Å². The normalized spacial score (nSPS) is 20.2. The summed E-state index contributed by atoms with van der Waals surface area (Å²) in [4.78, 5) is 37.3. The molecule has 1 aromatic rings. The molecule has 1 aliphatic rings. The number of amides is 1. The molecule has 0 bridgehead atoms. The highest BCUT2D eigenvalue weighted by Crippen LogP contribution is 2.28. The van der Waals surface area contributed by atoms with Crippen LogP contribution in [0.1, 0.15) is 43.5 Å². The fourth-order valence-electron chi connectivity index (χ4n) is 3.16. The highest BCUT2D eigenvalue weighted by atomic mass is 32.2. The predicted molar refractivity (Wildman–Crippen MR) is 94.8 cm³/mol. The SMILES string of the molecule is CSc1ccc(C(=O)OCC(=O)N2[C@H](C)CCC[C@@H]2C)cc1[N+](=O)[O-]. The zero-order valence-electron chi connectivity index (χ0n) is 14.6. The van der Waals surface area contributed by atoms with Crippen LogP contribution in [0.5, 0.6) is 0 Å². The third kappa shape index (κ3) is 4.50. The molecule has 2 atom stereocenters. The zero-order chi connectivity index (χ0) is 18.6. The Morgan fingerprint density at radius 1 is 1.32 bits per heavy atom. The van der Waals surface area contributed by atoms with E-state index in [9.17, 15) is 19.7 Å². The van der Waals surface area contributed by atoms with E-state index in [1.807, 2.05) is 13.8 Å². The molecular formula is C17H22N2O5S. The summed E-state index contributed by atoms with van der Waals surface area (Å²) in [6.07, 6.45) is 4.68. The average Bonchev–Trinajstić information content (AvgIpc) is 2.58. The molecule has 1 saturated heterocycles. The number of rotatable bonds is 5. The van der Waals surface area contributed by atoms with Crippen LogP contribution in [-0.2, 0) is 9.53 Å². The van der Waals surface area contributed by atoms with E-state index in [-0.39, 0.29) is 35.8 Å². The molecule has 2 rings (SSSR count). The van der Waals surface area contributed by atoms with Crippen molar-refractivity contribution in [2.75, 3.05) is 12.9 Å². The Morgan fingerprint density at radius 3 is 2.52 bits per heavy atom. The van der Waals surface area contributed by atoms with Crippen molar-refractivity contribution in [3.05, 3.63) is 33.9 Å². The molecule has 0 N–H and O–H groups in total. The number of carbonyl (C=O) groups is 2. The molecule has 0 aliphatic carbocycles. The fraction of sp³-hybridized carbons (Fsp3) is 0.529. The van der Waals surface area contributed by atoms with Gasteiger partial charge in [-0.05, 0) is 51.5 Å². The monoisotopic (exact) mass is 366 g/mol. The summed E-state index contributed by atoms with van der Waals surface area (Å²) in [5.41, 5.74) is -0.0800. The molecule has 8 heteroatoms. The minimum absolute atomic E-state index is 0.0667. The van der Waals surface area contributed by atoms with Crippen LogP contribution in [0.2, 0.25) is 0 Å². The van der Waals surface area contributed by atoms with Crippen molar-refractivity contribution in [2.45, 2.75) is 50.1 Å². The maximum absolute atomic E-state index is 12.4. The van der Waals surface area contributed by atoms with E-state index < -0.39 is 10.9 Å². The molecule has 0 aromatic heterocycles. The van der Waals surface area contributed by atoms with E-state index in [0.717, 1.165) is 19.3 Å². The molecule has 0 radical (unpaired) electrons. The van der Waals surface area contributed by atoms with Gasteiger partial charge in [0.15, 0.2) is 6.61 Å². The maximum Gasteiger partial charge on any atom is 0.338 e. The standard InChI is InChI=1S/C17H22N2O5S/c1-11-5-4-6-12(2)18(11)16(20)10-24-17(21)13-7-8-15(25-3)14(9-13)19(22)23/h7-9,11-12H,4-6,10H2,1-3H3/t11-,12+. The van der Waals surface area contributed by atoms with Crippen molar-refractivity contribution in [1.82, 2.24) is 4.90 Å². The summed E-state index contributed by atoms with van der Waals surface area (Å²) in [5, 5.41) is 11.1. The van der Waals surface area contributed by atoms with Gasteiger partial charge in [-0.3, -0.25) is 14.9 Å². The van der Waals surface area contributed by atoms with Crippen LogP contribution in [0, 0.1) is 10.1 Å². The summed E-state index contributed by atoms with van der Waals surface area (Å²) in [5.74, 6) is -0.968. The van der Waals surface area contributed by atoms with Gasteiger partial charge < -0.3 is 9.64 Å². The summed E-state index contributed by atoms with van der Waals surface area (Å²) in [6, 6.07) is 4.41. The molecule has 25 heavy (non-hydrogen) atoms. The van der Waals surface area contributed by atoms with Gasteiger partial charge in [0.05, 0.1) is 15.4 Å². The minimum atomic E-state index is -0.735. The number of piperidine rings is 1. The van der Waals surface area contributed by atoms with Crippen LogP contribution in [0.25, 0.3) is 0 Å². The van der Waals surface area contributed by atoms with Crippen LogP contribution in [-0.4, -0.2) is 46.6 Å². The molecule has 1 aliphatic heterocycles. The van der Waals surface area contributed by atoms with Crippen molar-refractivity contribution in [3.63, 3.8) is 0 Å². The van der Waals surface area contributed by atoms with Gasteiger partial charge in [-0.15, -0.1) is 11.8 Å². The molecule has 136 valence electrons. The Morgan fingerprint density at radius 2 is 1.96 bits per heavy atom. The second-order valence-corrected chi connectivity index (χ2v) is 7.00. The van der Waals surface area contributed by atoms with E-state index >= 15 is 0 Å². The third-order valence-corrected chi connectivity index (χ3v) is 5.20. The number of nitrogens with zero attached hydrogens (tertiary/aromatic N) is 2. The van der Waals surface area contributed by atoms with E-state index in [1.165, 1.54) is 30.0 Å². The Kier molecular flexibility index (Phi) is 6.41. The molecule has 0 unspecified atom stereocenters. The molecule has 7 nitrogen and oxygen atoms in total. The first kappa shape index (κ1) is 19.2. The molecule has 1 aromatic carbocycles. The lowest BCUT2D eigenvalue weighted by atomic mass is 9.97. The molecule has 1 amide bonds. The summed E-state index contributed by atoms with van der Waals surface area (Å²) >= 11 is 1.23. The van der Waals surface area contributed by atoms with Crippen LogP contribution in [0.3, 0.4) is 0 Å². The predicted octanol–water partition coefficient (Wildman–Crippen LogP) is 3.26. The van der Waals surface area contributed by atoms with Crippen molar-refractivity contribution in [1.29, 1.82) is 0 Å². The molecule has 0 spiro atoms. The first-order valence-corrected chi connectivity index (χ1v) is 9.38. The van der Waals surface area contributed by atoms with Crippen molar-refractivity contribution >= 4 is 29.3 Å². The van der Waals surface area contributed by atoms with E-state index in [4.69, 9.17) is 4.74 Å². The van der Waals surface area contributed by atoms with E-state index in [1.54, 1.807) is 11.2 Å². The number of carbonyl (C=O) groups excluding carboxylic acids is 2. The van der Waals surface area contributed by atoms with Crippen LogP contribution in [0.15, 0.2) is 23.1 Å².